The predicted octanol–water partition coefficient (Wildman–Crippen LogP) is 8.28. The molecule has 4 aromatic rings. The molecule has 0 spiro atoms. The molecule has 0 aromatic heterocycles. The van der Waals surface area contributed by atoms with Gasteiger partial charge in [-0.05, 0) is 124 Å². The molecule has 0 heterocycles. The Morgan fingerprint density at radius 2 is 0.578 bits per heavy atom. The molecule has 0 saturated carbocycles. The van der Waals surface area contributed by atoms with Gasteiger partial charge in [-0.15, -0.1) is 0 Å². The van der Waals surface area contributed by atoms with E-state index < -0.39 is 0 Å². The lowest BCUT2D eigenvalue weighted by Crippen LogP contribution is -2.32. The molecule has 340 valence electrons. The fraction of sp³-hybridized carbons (Fsp3) is 0.333. The number of amides is 4. The Labute approximate surface area is 382 Å². The van der Waals surface area contributed by atoms with Crippen molar-refractivity contribution in [1.29, 1.82) is 0 Å². The Kier molecular flexibility index (Phi) is 27.8. The Hall–Kier alpha value is -6.36. The van der Waals surface area contributed by atoms with E-state index >= 15 is 0 Å². The van der Waals surface area contributed by atoms with Gasteiger partial charge in [0.2, 0.25) is 23.6 Å². The monoisotopic (exact) mass is 867 g/mol. The Balaban J connectivity index is 0.000000340. The minimum Gasteiger partial charge on any atom is -0.353 e. The van der Waals surface area contributed by atoms with Crippen molar-refractivity contribution < 1.29 is 19.2 Å². The van der Waals surface area contributed by atoms with Gasteiger partial charge in [-0.1, -0.05) is 135 Å². The number of carbonyl (C=O) groups is 4. The summed E-state index contributed by atoms with van der Waals surface area (Å²) < 4.78 is 0. The lowest BCUT2D eigenvalue weighted by atomic mass is 10.2. The highest BCUT2D eigenvalue weighted by atomic mass is 16.2. The minimum atomic E-state index is -0.0674. The molecule has 0 radical (unpaired) electrons. The van der Waals surface area contributed by atoms with Gasteiger partial charge in [0, 0.05) is 50.5 Å². The first kappa shape index (κ1) is 52.0. The first-order valence-corrected chi connectivity index (χ1v) is 22.8. The maximum atomic E-state index is 11.9. The average molecular weight is 867 g/mol. The summed E-state index contributed by atoms with van der Waals surface area (Å²) >= 11 is 0. The molecule has 4 aromatic carbocycles. The molecule has 64 heavy (non-hydrogen) atoms. The number of hydrogen-bond acceptors (Lipinski definition) is 6. The molecule has 10 nitrogen and oxygen atoms in total. The number of rotatable bonds is 28. The van der Waals surface area contributed by atoms with Crippen LogP contribution in [0, 0.1) is 0 Å². The predicted molar refractivity (Wildman–Crippen MR) is 266 cm³/mol. The highest BCUT2D eigenvalue weighted by Crippen LogP contribution is 2.04. The van der Waals surface area contributed by atoms with Crippen molar-refractivity contribution in [2.75, 3.05) is 65.4 Å². The van der Waals surface area contributed by atoms with Crippen molar-refractivity contribution in [2.24, 2.45) is 0 Å². The number of nitrogens with zero attached hydrogens (tertiary/aromatic N) is 2. The summed E-state index contributed by atoms with van der Waals surface area (Å²) in [6.45, 7) is 12.7. The van der Waals surface area contributed by atoms with E-state index in [4.69, 9.17) is 0 Å². The quantitative estimate of drug-likeness (QED) is 0.0337. The van der Waals surface area contributed by atoms with Crippen molar-refractivity contribution >= 4 is 47.9 Å². The van der Waals surface area contributed by atoms with Crippen LogP contribution in [-0.2, 0) is 19.2 Å². The second-order valence-electron chi connectivity index (χ2n) is 15.2. The van der Waals surface area contributed by atoms with Crippen molar-refractivity contribution in [3.63, 3.8) is 0 Å². The zero-order valence-electron chi connectivity index (χ0n) is 38.0. The van der Waals surface area contributed by atoms with E-state index in [2.05, 4.69) is 44.9 Å². The largest absolute Gasteiger partial charge is 0.353 e. The van der Waals surface area contributed by atoms with E-state index in [1.54, 1.807) is 24.3 Å². The molecule has 4 rings (SSSR count). The summed E-state index contributed by atoms with van der Waals surface area (Å²) in [6, 6.07) is 39.2. The van der Waals surface area contributed by atoms with Gasteiger partial charge in [0.05, 0.1) is 0 Å². The summed E-state index contributed by atoms with van der Waals surface area (Å²) in [5, 5.41) is 11.8. The summed E-state index contributed by atoms with van der Waals surface area (Å²) in [5.74, 6) is -0.270. The first-order chi connectivity index (χ1) is 31.3. The Morgan fingerprint density at radius 1 is 0.359 bits per heavy atom. The van der Waals surface area contributed by atoms with Crippen molar-refractivity contribution in [3.05, 3.63) is 168 Å². The zero-order valence-corrected chi connectivity index (χ0v) is 38.0. The van der Waals surface area contributed by atoms with Crippen LogP contribution in [0.1, 0.15) is 74.6 Å². The number of nitrogens with one attached hydrogen (secondary N) is 4. The average Bonchev–Trinajstić information content (AvgIpc) is 3.33. The fourth-order valence-electron chi connectivity index (χ4n) is 6.54. The van der Waals surface area contributed by atoms with Gasteiger partial charge >= 0.3 is 0 Å². The third-order valence-corrected chi connectivity index (χ3v) is 9.79. The minimum absolute atomic E-state index is 0.0674. The maximum Gasteiger partial charge on any atom is 0.243 e. The summed E-state index contributed by atoms with van der Waals surface area (Å²) in [7, 11) is 0. The van der Waals surface area contributed by atoms with Crippen molar-refractivity contribution in [1.82, 2.24) is 31.1 Å². The van der Waals surface area contributed by atoms with Crippen molar-refractivity contribution in [3.8, 4) is 0 Å². The van der Waals surface area contributed by atoms with Gasteiger partial charge in [0.1, 0.15) is 0 Å². The molecule has 10 heteroatoms. The van der Waals surface area contributed by atoms with Gasteiger partial charge in [-0.2, -0.15) is 0 Å². The van der Waals surface area contributed by atoms with E-state index in [0.29, 0.717) is 26.2 Å². The standard InChI is InChI=1S/2C27H35N3O2/c2*1-2-21-30(22-9-19-28-26(31)17-15-24-11-5-3-6-12-24)23-10-20-29-27(32)18-16-25-13-7-4-8-14-25/h2*3-8,11-18H,2,9-10,19-23H2,1H3,(H,28,31)(H,29,32)/b2*17-15+,18-16+. The fourth-order valence-corrected chi connectivity index (χ4v) is 6.54. The molecule has 0 unspecified atom stereocenters. The number of carbonyl (C=O) groups excluding carboxylic acids is 4. The second-order valence-corrected chi connectivity index (χ2v) is 15.2. The molecule has 0 saturated heterocycles. The van der Waals surface area contributed by atoms with Crippen LogP contribution in [0.3, 0.4) is 0 Å². The van der Waals surface area contributed by atoms with E-state index in [-0.39, 0.29) is 23.6 Å². The molecule has 0 aliphatic rings. The van der Waals surface area contributed by atoms with Gasteiger partial charge in [0.25, 0.3) is 0 Å². The normalized spacial score (nSPS) is 11.3. The van der Waals surface area contributed by atoms with Crippen LogP contribution in [0.5, 0.6) is 0 Å². The second kappa shape index (κ2) is 34.2. The van der Waals surface area contributed by atoms with E-state index in [0.717, 1.165) is 100 Å². The van der Waals surface area contributed by atoms with E-state index in [9.17, 15) is 19.2 Å². The topological polar surface area (TPSA) is 123 Å². The van der Waals surface area contributed by atoms with Crippen LogP contribution >= 0.6 is 0 Å². The highest BCUT2D eigenvalue weighted by Gasteiger charge is 2.06. The number of hydrogen-bond donors (Lipinski definition) is 4. The zero-order chi connectivity index (χ0) is 45.7. The molecule has 4 N–H and O–H groups in total. The molecular formula is C54H70N6O4. The highest BCUT2D eigenvalue weighted by molar-refractivity contribution is 5.93. The van der Waals surface area contributed by atoms with Gasteiger partial charge < -0.3 is 31.1 Å². The molecular weight excluding hydrogens is 797 g/mol. The van der Waals surface area contributed by atoms with Crippen LogP contribution in [0.4, 0.5) is 0 Å². The van der Waals surface area contributed by atoms with E-state index in [1.807, 2.05) is 146 Å². The van der Waals surface area contributed by atoms with Crippen molar-refractivity contribution in [2.45, 2.75) is 52.4 Å². The SMILES string of the molecule is CCCN(CCCNC(=O)/C=C/c1ccccc1)CCCNC(=O)/C=C/c1ccccc1.CCCN(CCCNC(=O)/C=C/c1ccccc1)CCCNC(=O)/C=C/c1ccccc1. The lowest BCUT2D eigenvalue weighted by Gasteiger charge is -2.21. The third-order valence-electron chi connectivity index (χ3n) is 9.79. The molecule has 0 bridgehead atoms. The molecule has 0 atom stereocenters. The summed E-state index contributed by atoms with van der Waals surface area (Å²) in [6.07, 6.45) is 19.4. The smallest absolute Gasteiger partial charge is 0.243 e. The van der Waals surface area contributed by atoms with E-state index in [1.165, 1.54) is 0 Å². The molecule has 0 aliphatic carbocycles. The van der Waals surface area contributed by atoms with Gasteiger partial charge in [-0.3, -0.25) is 19.2 Å². The summed E-state index contributed by atoms with van der Waals surface area (Å²) in [4.78, 5) is 52.6. The van der Waals surface area contributed by atoms with Crippen LogP contribution < -0.4 is 21.3 Å². The van der Waals surface area contributed by atoms with Crippen LogP contribution in [-0.4, -0.2) is 98.9 Å². The maximum absolute atomic E-state index is 11.9. The Morgan fingerprint density at radius 3 is 0.781 bits per heavy atom. The molecule has 4 amide bonds. The van der Waals surface area contributed by atoms with Gasteiger partial charge in [0.15, 0.2) is 0 Å². The summed E-state index contributed by atoms with van der Waals surface area (Å²) in [5.41, 5.74) is 4.05. The van der Waals surface area contributed by atoms with Gasteiger partial charge in [-0.25, -0.2) is 0 Å². The molecule has 0 fully saturated rings. The van der Waals surface area contributed by atoms with Crippen LogP contribution in [0.2, 0.25) is 0 Å². The first-order valence-electron chi connectivity index (χ1n) is 22.8. The third kappa shape index (κ3) is 26.2. The lowest BCUT2D eigenvalue weighted by molar-refractivity contribution is -0.117. The van der Waals surface area contributed by atoms with Crippen LogP contribution in [0.15, 0.2) is 146 Å². The number of benzene rings is 4. The van der Waals surface area contributed by atoms with Crippen LogP contribution in [0.25, 0.3) is 24.3 Å². The molecule has 0 aliphatic heterocycles. The Bertz CT molecular complexity index is 1700.